The van der Waals surface area contributed by atoms with Gasteiger partial charge in [0.05, 0.1) is 24.6 Å². The predicted molar refractivity (Wildman–Crippen MR) is 65.7 cm³/mol. The molecule has 0 bridgehead atoms. The quantitative estimate of drug-likeness (QED) is 0.895. The van der Waals surface area contributed by atoms with Crippen molar-refractivity contribution in [1.82, 2.24) is 9.97 Å². The van der Waals surface area contributed by atoms with Crippen molar-refractivity contribution in [2.24, 2.45) is 0 Å². The van der Waals surface area contributed by atoms with Crippen molar-refractivity contribution in [3.05, 3.63) is 42.0 Å². The lowest BCUT2D eigenvalue weighted by molar-refractivity contribution is 0.0695. The van der Waals surface area contributed by atoms with Crippen LogP contribution in [0.2, 0.25) is 0 Å². The Hall–Kier alpha value is -2.43. The highest BCUT2D eigenvalue weighted by molar-refractivity contribution is 5.90. The summed E-state index contributed by atoms with van der Waals surface area (Å²) in [7, 11) is 1.55. The molecule has 0 aliphatic heterocycles. The first kappa shape index (κ1) is 12.0. The van der Waals surface area contributed by atoms with Crippen molar-refractivity contribution >= 4 is 5.97 Å². The molecule has 2 rings (SSSR count). The Kier molecular flexibility index (Phi) is 3.23. The minimum Gasteiger partial charge on any atom is -0.495 e. The minimum absolute atomic E-state index is 0.190. The molecule has 2 heterocycles. The van der Waals surface area contributed by atoms with Gasteiger partial charge in [-0.05, 0) is 19.1 Å². The number of carboxylic acids is 1. The van der Waals surface area contributed by atoms with Crippen LogP contribution in [0.25, 0.3) is 11.1 Å². The summed E-state index contributed by atoms with van der Waals surface area (Å²) < 4.78 is 5.08. The lowest BCUT2D eigenvalue weighted by atomic mass is 10.1. The Morgan fingerprint density at radius 3 is 2.61 bits per heavy atom. The zero-order valence-corrected chi connectivity index (χ0v) is 10.0. The van der Waals surface area contributed by atoms with E-state index in [2.05, 4.69) is 9.97 Å². The minimum atomic E-state index is -0.988. The van der Waals surface area contributed by atoms with Gasteiger partial charge in [-0.2, -0.15) is 0 Å². The predicted octanol–water partition coefficient (Wildman–Crippen LogP) is 2.16. The van der Waals surface area contributed by atoms with Crippen molar-refractivity contribution in [2.45, 2.75) is 6.92 Å². The molecule has 0 aliphatic carbocycles. The van der Waals surface area contributed by atoms with Gasteiger partial charge in [-0.15, -0.1) is 0 Å². The summed E-state index contributed by atoms with van der Waals surface area (Å²) in [5.74, 6) is -0.373. The summed E-state index contributed by atoms with van der Waals surface area (Å²) in [5.41, 5.74) is 2.14. The first-order valence-corrected chi connectivity index (χ1v) is 5.31. The van der Waals surface area contributed by atoms with Crippen molar-refractivity contribution in [2.75, 3.05) is 7.11 Å². The summed E-state index contributed by atoms with van der Waals surface area (Å²) in [6, 6.07) is 3.37. The number of rotatable bonds is 3. The van der Waals surface area contributed by atoms with E-state index in [4.69, 9.17) is 9.84 Å². The molecule has 2 aromatic rings. The Morgan fingerprint density at radius 1 is 1.22 bits per heavy atom. The molecule has 0 amide bonds. The van der Waals surface area contributed by atoms with E-state index in [1.54, 1.807) is 44.8 Å². The van der Waals surface area contributed by atoms with Crippen LogP contribution in [-0.4, -0.2) is 28.2 Å². The Morgan fingerprint density at radius 2 is 1.94 bits per heavy atom. The number of nitrogens with zero attached hydrogens (tertiary/aromatic N) is 2. The fraction of sp³-hybridized carbons (Fsp3) is 0.154. The van der Waals surface area contributed by atoms with Crippen molar-refractivity contribution in [1.29, 1.82) is 0 Å². The van der Waals surface area contributed by atoms with Gasteiger partial charge in [-0.3, -0.25) is 9.97 Å². The topological polar surface area (TPSA) is 72.3 Å². The first-order chi connectivity index (χ1) is 8.61. The van der Waals surface area contributed by atoms with E-state index < -0.39 is 5.97 Å². The summed E-state index contributed by atoms with van der Waals surface area (Å²) in [4.78, 5) is 19.2. The van der Waals surface area contributed by atoms with E-state index in [1.165, 1.54) is 0 Å². The number of methoxy groups -OCH3 is 1. The smallest absolute Gasteiger partial charge is 0.337 e. The standard InChI is InChI=1S/C13H12N2O3/c1-8-12(13(16)17)4-10(6-15-8)9-3-11(18-2)7-14-5-9/h3-7H,1-2H3,(H,16,17). The number of hydrogen-bond acceptors (Lipinski definition) is 4. The number of hydrogen-bond donors (Lipinski definition) is 1. The molecule has 0 unspecified atom stereocenters. The highest BCUT2D eigenvalue weighted by atomic mass is 16.5. The molecular weight excluding hydrogens is 232 g/mol. The van der Waals surface area contributed by atoms with Crippen LogP contribution in [0.4, 0.5) is 0 Å². The van der Waals surface area contributed by atoms with Crippen LogP contribution in [0.3, 0.4) is 0 Å². The van der Waals surface area contributed by atoms with Gasteiger partial charge in [-0.25, -0.2) is 4.79 Å². The fourth-order valence-corrected chi connectivity index (χ4v) is 1.60. The fourth-order valence-electron chi connectivity index (χ4n) is 1.60. The zero-order chi connectivity index (χ0) is 13.1. The molecule has 0 fully saturated rings. The number of aryl methyl sites for hydroxylation is 1. The molecule has 5 nitrogen and oxygen atoms in total. The normalized spacial score (nSPS) is 10.1. The van der Waals surface area contributed by atoms with Gasteiger partial charge in [0.2, 0.25) is 0 Å². The molecule has 0 spiro atoms. The third-order valence-corrected chi connectivity index (χ3v) is 2.60. The second-order valence-corrected chi connectivity index (χ2v) is 3.78. The number of pyridine rings is 2. The van der Waals surface area contributed by atoms with Gasteiger partial charge in [0.25, 0.3) is 0 Å². The molecule has 0 atom stereocenters. The highest BCUT2D eigenvalue weighted by Gasteiger charge is 2.10. The third-order valence-electron chi connectivity index (χ3n) is 2.60. The van der Waals surface area contributed by atoms with E-state index in [0.717, 1.165) is 5.56 Å². The summed E-state index contributed by atoms with van der Waals surface area (Å²) in [6.07, 6.45) is 4.85. The maximum Gasteiger partial charge on any atom is 0.337 e. The largest absolute Gasteiger partial charge is 0.495 e. The van der Waals surface area contributed by atoms with Gasteiger partial charge in [0, 0.05) is 23.5 Å². The summed E-state index contributed by atoms with van der Waals surface area (Å²) in [6.45, 7) is 1.66. The molecule has 92 valence electrons. The average molecular weight is 244 g/mol. The monoisotopic (exact) mass is 244 g/mol. The van der Waals surface area contributed by atoms with E-state index in [0.29, 0.717) is 17.0 Å². The van der Waals surface area contributed by atoms with E-state index in [1.807, 2.05) is 0 Å². The summed E-state index contributed by atoms with van der Waals surface area (Å²) >= 11 is 0. The molecular formula is C13H12N2O3. The number of aromatic carboxylic acids is 1. The van der Waals surface area contributed by atoms with Crippen molar-refractivity contribution in [3.8, 4) is 16.9 Å². The second kappa shape index (κ2) is 4.83. The van der Waals surface area contributed by atoms with Gasteiger partial charge < -0.3 is 9.84 Å². The van der Waals surface area contributed by atoms with Crippen LogP contribution in [0, 0.1) is 6.92 Å². The summed E-state index contributed by atoms with van der Waals surface area (Å²) in [5, 5.41) is 9.06. The van der Waals surface area contributed by atoms with Crippen LogP contribution >= 0.6 is 0 Å². The number of ether oxygens (including phenoxy) is 1. The highest BCUT2D eigenvalue weighted by Crippen LogP contribution is 2.23. The third kappa shape index (κ3) is 2.29. The molecule has 0 aromatic carbocycles. The molecule has 0 radical (unpaired) electrons. The average Bonchev–Trinajstić information content (AvgIpc) is 2.39. The van der Waals surface area contributed by atoms with Crippen LogP contribution in [0.1, 0.15) is 16.1 Å². The Bertz CT molecular complexity index is 597. The van der Waals surface area contributed by atoms with Gasteiger partial charge in [0.15, 0.2) is 0 Å². The molecule has 0 saturated carbocycles. The van der Waals surface area contributed by atoms with Gasteiger partial charge in [0.1, 0.15) is 5.75 Å². The number of carboxylic acid groups (broad SMARTS) is 1. The van der Waals surface area contributed by atoms with Crippen molar-refractivity contribution < 1.29 is 14.6 Å². The van der Waals surface area contributed by atoms with Gasteiger partial charge >= 0.3 is 5.97 Å². The number of carbonyl (C=O) groups is 1. The first-order valence-electron chi connectivity index (χ1n) is 5.31. The lowest BCUT2D eigenvalue weighted by Crippen LogP contribution is -2.02. The SMILES string of the molecule is COc1cncc(-c2cnc(C)c(C(=O)O)c2)c1. The molecule has 2 aromatic heterocycles. The lowest BCUT2D eigenvalue weighted by Gasteiger charge is -2.06. The van der Waals surface area contributed by atoms with Crippen LogP contribution < -0.4 is 4.74 Å². The van der Waals surface area contributed by atoms with Crippen LogP contribution in [0.15, 0.2) is 30.7 Å². The second-order valence-electron chi connectivity index (χ2n) is 3.78. The van der Waals surface area contributed by atoms with Crippen LogP contribution in [-0.2, 0) is 0 Å². The molecule has 1 N–H and O–H groups in total. The molecule has 18 heavy (non-hydrogen) atoms. The zero-order valence-electron chi connectivity index (χ0n) is 10.0. The van der Waals surface area contributed by atoms with E-state index in [-0.39, 0.29) is 5.56 Å². The van der Waals surface area contributed by atoms with E-state index in [9.17, 15) is 4.79 Å². The van der Waals surface area contributed by atoms with E-state index >= 15 is 0 Å². The molecule has 0 saturated heterocycles. The molecule has 0 aliphatic rings. The van der Waals surface area contributed by atoms with Crippen molar-refractivity contribution in [3.63, 3.8) is 0 Å². The Labute approximate surface area is 104 Å². The molecule has 5 heteroatoms. The maximum absolute atomic E-state index is 11.0. The van der Waals surface area contributed by atoms with Gasteiger partial charge in [-0.1, -0.05) is 0 Å². The Balaban J connectivity index is 2.50. The van der Waals surface area contributed by atoms with Crippen LogP contribution in [0.5, 0.6) is 5.75 Å². The number of aromatic nitrogens is 2. The maximum atomic E-state index is 11.0.